The Hall–Kier alpha value is -0.900. The summed E-state index contributed by atoms with van der Waals surface area (Å²) in [6, 6.07) is 9.33. The molecule has 0 radical (unpaired) electrons. The van der Waals surface area contributed by atoms with E-state index in [2.05, 4.69) is 29.2 Å². The number of aryl methyl sites for hydroxylation is 1. The van der Waals surface area contributed by atoms with Crippen LogP contribution in [0.4, 0.5) is 0 Å². The molecule has 110 valence electrons. The fraction of sp³-hybridized carbons (Fsp3) is 0.647. The lowest BCUT2D eigenvalue weighted by Gasteiger charge is -2.40. The highest BCUT2D eigenvalue weighted by molar-refractivity contribution is 5.32. The van der Waals surface area contributed by atoms with Crippen LogP contribution in [0.5, 0.6) is 0 Å². The molecule has 1 aliphatic carbocycles. The van der Waals surface area contributed by atoms with Crippen LogP contribution in [0.3, 0.4) is 0 Å². The average molecular weight is 274 g/mol. The van der Waals surface area contributed by atoms with E-state index in [-0.39, 0.29) is 6.04 Å². The largest absolute Gasteiger partial charge is 0.380 e. The summed E-state index contributed by atoms with van der Waals surface area (Å²) in [7, 11) is 1.83. The summed E-state index contributed by atoms with van der Waals surface area (Å²) >= 11 is 0. The molecular weight excluding hydrogens is 248 g/mol. The minimum absolute atomic E-state index is 0.143. The summed E-state index contributed by atoms with van der Waals surface area (Å²) < 4.78 is 5.57. The number of hydrogen-bond acceptors (Lipinski definition) is 3. The molecule has 1 aliphatic heterocycles. The fourth-order valence-electron chi connectivity index (χ4n) is 3.85. The number of nitrogens with two attached hydrogens (primary N) is 1. The first-order valence-corrected chi connectivity index (χ1v) is 7.90. The van der Waals surface area contributed by atoms with Crippen molar-refractivity contribution in [3.63, 3.8) is 0 Å². The Bertz CT molecular complexity index is 448. The van der Waals surface area contributed by atoms with Gasteiger partial charge in [0.05, 0.1) is 6.10 Å². The monoisotopic (exact) mass is 274 g/mol. The van der Waals surface area contributed by atoms with E-state index in [1.807, 2.05) is 7.11 Å². The zero-order valence-electron chi connectivity index (χ0n) is 12.4. The molecule has 0 aromatic heterocycles. The van der Waals surface area contributed by atoms with Crippen LogP contribution in [0, 0.1) is 0 Å². The molecule has 2 N–H and O–H groups in total. The Morgan fingerprint density at radius 3 is 2.90 bits per heavy atom. The van der Waals surface area contributed by atoms with Gasteiger partial charge in [-0.25, -0.2) is 0 Å². The van der Waals surface area contributed by atoms with E-state index in [1.54, 1.807) is 0 Å². The first-order valence-electron chi connectivity index (χ1n) is 7.90. The fourth-order valence-corrected chi connectivity index (χ4v) is 3.85. The van der Waals surface area contributed by atoms with Gasteiger partial charge in [-0.15, -0.1) is 0 Å². The molecule has 3 heteroatoms. The number of ether oxygens (including phenoxy) is 1. The lowest BCUT2D eigenvalue weighted by atomic mass is 9.94. The van der Waals surface area contributed by atoms with Crippen molar-refractivity contribution in [2.24, 2.45) is 5.73 Å². The highest BCUT2D eigenvalue weighted by Gasteiger charge is 2.32. The van der Waals surface area contributed by atoms with Crippen molar-refractivity contribution < 1.29 is 4.74 Å². The molecule has 0 saturated carbocycles. The molecule has 1 fully saturated rings. The van der Waals surface area contributed by atoms with E-state index in [1.165, 1.54) is 49.8 Å². The Morgan fingerprint density at radius 2 is 2.05 bits per heavy atom. The highest BCUT2D eigenvalue weighted by Crippen LogP contribution is 2.31. The van der Waals surface area contributed by atoms with E-state index in [4.69, 9.17) is 10.5 Å². The van der Waals surface area contributed by atoms with Gasteiger partial charge in [-0.2, -0.15) is 0 Å². The molecule has 2 aliphatic rings. The molecule has 3 atom stereocenters. The third-order valence-corrected chi connectivity index (χ3v) is 4.99. The summed E-state index contributed by atoms with van der Waals surface area (Å²) in [5.74, 6) is 0. The van der Waals surface area contributed by atoms with Crippen LogP contribution >= 0.6 is 0 Å². The Labute approximate surface area is 122 Å². The van der Waals surface area contributed by atoms with Gasteiger partial charge in [0.2, 0.25) is 0 Å². The zero-order chi connectivity index (χ0) is 13.9. The second kappa shape index (κ2) is 6.25. The Morgan fingerprint density at radius 1 is 1.20 bits per heavy atom. The van der Waals surface area contributed by atoms with Crippen molar-refractivity contribution >= 4 is 0 Å². The van der Waals surface area contributed by atoms with Crippen LogP contribution in [0.15, 0.2) is 24.3 Å². The van der Waals surface area contributed by atoms with Crippen molar-refractivity contribution in [1.29, 1.82) is 0 Å². The highest BCUT2D eigenvalue weighted by atomic mass is 16.5. The maximum Gasteiger partial charge on any atom is 0.0698 e. The molecule has 3 unspecified atom stereocenters. The molecule has 20 heavy (non-hydrogen) atoms. The van der Waals surface area contributed by atoms with E-state index in [9.17, 15) is 0 Å². The quantitative estimate of drug-likeness (QED) is 0.842. The van der Waals surface area contributed by atoms with Crippen LogP contribution < -0.4 is 5.73 Å². The number of rotatable bonds is 2. The lowest BCUT2D eigenvalue weighted by Crippen LogP contribution is -2.49. The first kappa shape index (κ1) is 14.1. The summed E-state index contributed by atoms with van der Waals surface area (Å²) in [6.45, 7) is 2.21. The predicted octanol–water partition coefficient (Wildman–Crippen LogP) is 2.50. The van der Waals surface area contributed by atoms with Crippen molar-refractivity contribution in [1.82, 2.24) is 4.90 Å². The van der Waals surface area contributed by atoms with Crippen molar-refractivity contribution in [2.75, 3.05) is 20.2 Å². The number of likely N-dealkylation sites (tertiary alicyclic amines) is 1. The lowest BCUT2D eigenvalue weighted by molar-refractivity contribution is 0.00811. The first-order chi connectivity index (χ1) is 9.79. The number of nitrogens with zero attached hydrogens (tertiary/aromatic N) is 1. The summed E-state index contributed by atoms with van der Waals surface area (Å²) in [5, 5.41) is 0. The average Bonchev–Trinajstić information content (AvgIpc) is 2.67. The van der Waals surface area contributed by atoms with Gasteiger partial charge in [0.1, 0.15) is 0 Å². The molecule has 1 saturated heterocycles. The molecule has 1 heterocycles. The van der Waals surface area contributed by atoms with Crippen LogP contribution in [-0.2, 0) is 11.2 Å². The van der Waals surface area contributed by atoms with Crippen LogP contribution in [0.2, 0.25) is 0 Å². The van der Waals surface area contributed by atoms with E-state index < -0.39 is 0 Å². The van der Waals surface area contributed by atoms with Gasteiger partial charge in [0, 0.05) is 25.7 Å². The van der Waals surface area contributed by atoms with Gasteiger partial charge in [-0.3, -0.25) is 4.90 Å². The van der Waals surface area contributed by atoms with Crippen LogP contribution in [0.1, 0.15) is 42.9 Å². The molecule has 0 bridgehead atoms. The van der Waals surface area contributed by atoms with E-state index in [0.29, 0.717) is 12.1 Å². The zero-order valence-corrected chi connectivity index (χ0v) is 12.4. The van der Waals surface area contributed by atoms with Gasteiger partial charge in [0.25, 0.3) is 0 Å². The number of benzene rings is 1. The van der Waals surface area contributed by atoms with Crippen LogP contribution in [0.25, 0.3) is 0 Å². The van der Waals surface area contributed by atoms with Gasteiger partial charge < -0.3 is 10.5 Å². The molecule has 1 aromatic carbocycles. The normalized spacial score (nSPS) is 31.6. The number of piperidine rings is 1. The second-order valence-electron chi connectivity index (χ2n) is 6.18. The smallest absolute Gasteiger partial charge is 0.0698 e. The van der Waals surface area contributed by atoms with Gasteiger partial charge in [-0.05, 0) is 49.8 Å². The van der Waals surface area contributed by atoms with Crippen molar-refractivity contribution in [2.45, 2.75) is 50.3 Å². The Kier molecular flexibility index (Phi) is 4.39. The van der Waals surface area contributed by atoms with Gasteiger partial charge in [0.15, 0.2) is 0 Å². The third-order valence-electron chi connectivity index (χ3n) is 4.99. The molecule has 0 amide bonds. The Balaban J connectivity index is 1.80. The van der Waals surface area contributed by atoms with Gasteiger partial charge in [-0.1, -0.05) is 24.3 Å². The molecule has 0 spiro atoms. The van der Waals surface area contributed by atoms with Gasteiger partial charge >= 0.3 is 0 Å². The number of methoxy groups -OCH3 is 1. The van der Waals surface area contributed by atoms with Crippen LogP contribution in [-0.4, -0.2) is 37.2 Å². The minimum Gasteiger partial charge on any atom is -0.380 e. The maximum atomic E-state index is 6.63. The topological polar surface area (TPSA) is 38.5 Å². The maximum absolute atomic E-state index is 6.63. The standard InChI is InChI=1S/C17H26N2O/c1-20-14-8-5-11-19(12-14)16-10-4-7-13-6-2-3-9-15(13)17(16)18/h2-3,6,9,14,16-17H,4-5,7-8,10-12,18H2,1H3. The van der Waals surface area contributed by atoms with Crippen molar-refractivity contribution in [3.05, 3.63) is 35.4 Å². The molecule has 1 aromatic rings. The molecular formula is C17H26N2O. The molecule has 3 rings (SSSR count). The third kappa shape index (κ3) is 2.76. The van der Waals surface area contributed by atoms with E-state index in [0.717, 1.165) is 6.54 Å². The number of hydrogen-bond donors (Lipinski definition) is 1. The minimum atomic E-state index is 0.143. The summed E-state index contributed by atoms with van der Waals surface area (Å²) in [5.41, 5.74) is 9.43. The van der Waals surface area contributed by atoms with E-state index >= 15 is 0 Å². The SMILES string of the molecule is COC1CCCN(C2CCCc3ccccc3C2N)C1. The molecule has 3 nitrogen and oxygen atoms in total. The summed E-state index contributed by atoms with van der Waals surface area (Å²) in [4.78, 5) is 2.57. The van der Waals surface area contributed by atoms with Crippen molar-refractivity contribution in [3.8, 4) is 0 Å². The second-order valence-corrected chi connectivity index (χ2v) is 6.18. The number of fused-ring (bicyclic) bond motifs is 1. The summed E-state index contributed by atoms with van der Waals surface area (Å²) in [6.07, 6.45) is 6.40. The predicted molar refractivity (Wildman–Crippen MR) is 81.7 cm³/mol.